The maximum absolute atomic E-state index is 13.3. The standard InChI is InChI=1S/C26H30N4O4.ClH/c1-14-21(26(31)30-17-6-4-16(27)5-7-17)24-23(29-14)18(10-11-28-24)22-19(32-12-15-2-3-15)8-9-20-25(22)34-13-33-20;/h8-11,15-17,29H,2-7,12-13,27H2,1H3,(H,30,31);1H. The number of benzene rings is 1. The van der Waals surface area contributed by atoms with Gasteiger partial charge in [-0.25, -0.2) is 0 Å². The van der Waals surface area contributed by atoms with Crippen LogP contribution in [0.3, 0.4) is 0 Å². The smallest absolute Gasteiger partial charge is 0.255 e. The Morgan fingerprint density at radius 3 is 2.74 bits per heavy atom. The van der Waals surface area contributed by atoms with Crippen molar-refractivity contribution in [2.24, 2.45) is 11.7 Å². The molecule has 1 aliphatic heterocycles. The van der Waals surface area contributed by atoms with Crippen LogP contribution in [0, 0.1) is 12.8 Å². The number of carbonyl (C=O) groups is 1. The molecule has 6 rings (SSSR count). The Morgan fingerprint density at radius 2 is 1.97 bits per heavy atom. The minimum atomic E-state index is -0.100. The van der Waals surface area contributed by atoms with Crippen molar-refractivity contribution in [2.75, 3.05) is 13.4 Å². The van der Waals surface area contributed by atoms with Crippen LogP contribution < -0.4 is 25.3 Å². The number of hydrogen-bond acceptors (Lipinski definition) is 6. The lowest BCUT2D eigenvalue weighted by Crippen LogP contribution is -2.40. The van der Waals surface area contributed by atoms with Crippen molar-refractivity contribution in [3.63, 3.8) is 0 Å². The Kier molecular flexibility index (Phi) is 6.51. The predicted molar refractivity (Wildman–Crippen MR) is 136 cm³/mol. The van der Waals surface area contributed by atoms with Crippen LogP contribution in [0.2, 0.25) is 0 Å². The fourth-order valence-electron chi connectivity index (χ4n) is 5.03. The van der Waals surface area contributed by atoms with E-state index in [9.17, 15) is 4.79 Å². The van der Waals surface area contributed by atoms with Gasteiger partial charge in [0.2, 0.25) is 6.79 Å². The molecule has 0 unspecified atom stereocenters. The number of halogens is 1. The number of amides is 1. The first-order valence-corrected chi connectivity index (χ1v) is 12.2. The molecule has 2 aromatic heterocycles. The summed E-state index contributed by atoms with van der Waals surface area (Å²) in [6, 6.07) is 6.15. The molecule has 0 spiro atoms. The highest BCUT2D eigenvalue weighted by atomic mass is 35.5. The number of aryl methyl sites for hydroxylation is 1. The van der Waals surface area contributed by atoms with E-state index in [2.05, 4.69) is 15.3 Å². The molecular weight excluding hydrogens is 468 g/mol. The summed E-state index contributed by atoms with van der Waals surface area (Å²) in [5.74, 6) is 2.62. The van der Waals surface area contributed by atoms with Gasteiger partial charge < -0.3 is 30.2 Å². The van der Waals surface area contributed by atoms with E-state index in [1.54, 1.807) is 6.20 Å². The molecule has 186 valence electrons. The molecule has 9 heteroatoms. The van der Waals surface area contributed by atoms with Crippen molar-refractivity contribution in [1.29, 1.82) is 0 Å². The number of H-pyrrole nitrogens is 1. The van der Waals surface area contributed by atoms with Gasteiger partial charge in [0.1, 0.15) is 11.3 Å². The number of nitrogens with two attached hydrogens (primary N) is 1. The zero-order valence-electron chi connectivity index (χ0n) is 19.8. The lowest BCUT2D eigenvalue weighted by Gasteiger charge is -2.26. The fraction of sp³-hybridized carbons (Fsp3) is 0.462. The number of nitrogens with one attached hydrogen (secondary N) is 2. The summed E-state index contributed by atoms with van der Waals surface area (Å²) in [5, 5.41) is 3.20. The van der Waals surface area contributed by atoms with Crippen LogP contribution >= 0.6 is 12.4 Å². The third-order valence-electron chi connectivity index (χ3n) is 7.15. The molecule has 2 saturated carbocycles. The molecule has 4 N–H and O–H groups in total. The molecule has 0 bridgehead atoms. The Bertz CT molecular complexity index is 1250. The van der Waals surface area contributed by atoms with Gasteiger partial charge >= 0.3 is 0 Å². The molecule has 8 nitrogen and oxygen atoms in total. The molecule has 0 radical (unpaired) electrons. The Balaban J connectivity index is 0.00000253. The zero-order valence-corrected chi connectivity index (χ0v) is 20.6. The molecule has 1 amide bonds. The first-order chi connectivity index (χ1) is 16.6. The van der Waals surface area contributed by atoms with Crippen LogP contribution in [0.15, 0.2) is 24.4 Å². The van der Waals surface area contributed by atoms with Crippen LogP contribution in [0.1, 0.15) is 54.6 Å². The van der Waals surface area contributed by atoms with E-state index in [0.717, 1.165) is 53.8 Å². The first kappa shape index (κ1) is 23.8. The molecule has 2 aliphatic carbocycles. The van der Waals surface area contributed by atoms with E-state index < -0.39 is 0 Å². The van der Waals surface area contributed by atoms with Crippen molar-refractivity contribution in [2.45, 2.75) is 57.5 Å². The number of hydrogen-bond donors (Lipinski definition) is 3. The van der Waals surface area contributed by atoms with Gasteiger partial charge in [0.05, 0.1) is 23.3 Å². The first-order valence-electron chi connectivity index (χ1n) is 12.2. The third-order valence-corrected chi connectivity index (χ3v) is 7.15. The van der Waals surface area contributed by atoms with Crippen LogP contribution in [0.4, 0.5) is 0 Å². The fourth-order valence-corrected chi connectivity index (χ4v) is 5.03. The number of rotatable bonds is 6. The average Bonchev–Trinajstić information content (AvgIpc) is 3.42. The maximum Gasteiger partial charge on any atom is 0.255 e. The zero-order chi connectivity index (χ0) is 23.2. The summed E-state index contributed by atoms with van der Waals surface area (Å²) in [7, 11) is 0. The maximum atomic E-state index is 13.3. The number of aromatic nitrogens is 2. The van der Waals surface area contributed by atoms with Crippen LogP contribution in [0.25, 0.3) is 22.2 Å². The second-order valence-corrected chi connectivity index (χ2v) is 9.72. The topological polar surface area (TPSA) is 111 Å². The van der Waals surface area contributed by atoms with E-state index in [0.29, 0.717) is 35.1 Å². The van der Waals surface area contributed by atoms with Gasteiger partial charge in [-0.15, -0.1) is 12.4 Å². The Morgan fingerprint density at radius 1 is 1.17 bits per heavy atom. The largest absolute Gasteiger partial charge is 0.493 e. The Hall–Kier alpha value is -2.97. The van der Waals surface area contributed by atoms with E-state index in [4.69, 9.17) is 19.9 Å². The van der Waals surface area contributed by atoms with Crippen LogP contribution in [-0.2, 0) is 0 Å². The van der Waals surface area contributed by atoms with E-state index in [1.807, 2.05) is 25.1 Å². The summed E-state index contributed by atoms with van der Waals surface area (Å²) < 4.78 is 17.7. The van der Waals surface area contributed by atoms with Gasteiger partial charge in [-0.2, -0.15) is 0 Å². The van der Waals surface area contributed by atoms with Gasteiger partial charge in [-0.05, 0) is 69.6 Å². The van der Waals surface area contributed by atoms with Crippen LogP contribution in [-0.4, -0.2) is 41.4 Å². The normalized spacial score (nSPS) is 21.0. The number of aromatic amines is 1. The summed E-state index contributed by atoms with van der Waals surface area (Å²) in [4.78, 5) is 21.3. The van der Waals surface area contributed by atoms with Crippen LogP contribution in [0.5, 0.6) is 17.2 Å². The molecule has 1 aromatic carbocycles. The molecular formula is C26H31ClN4O4. The summed E-state index contributed by atoms with van der Waals surface area (Å²) in [6.45, 7) is 2.77. The quantitative estimate of drug-likeness (QED) is 0.462. The molecule has 3 heterocycles. The highest BCUT2D eigenvalue weighted by Gasteiger charge is 2.29. The predicted octanol–water partition coefficient (Wildman–Crippen LogP) is 4.48. The SMILES string of the molecule is Cc1[nH]c2c(-c3c(OCC4CC4)ccc4c3OCO4)ccnc2c1C(=O)NC1CCC(N)CC1.Cl. The highest BCUT2D eigenvalue weighted by molar-refractivity contribution is 6.10. The van der Waals surface area contributed by atoms with Gasteiger partial charge in [-0.3, -0.25) is 9.78 Å². The van der Waals surface area contributed by atoms with Crippen molar-refractivity contribution >= 4 is 29.3 Å². The monoisotopic (exact) mass is 498 g/mol. The number of carbonyl (C=O) groups excluding carboxylic acids is 1. The summed E-state index contributed by atoms with van der Waals surface area (Å²) in [6.07, 6.45) is 7.84. The van der Waals surface area contributed by atoms with Crippen molar-refractivity contribution < 1.29 is 19.0 Å². The van der Waals surface area contributed by atoms with E-state index in [1.165, 1.54) is 12.8 Å². The lowest BCUT2D eigenvalue weighted by molar-refractivity contribution is 0.0927. The molecule has 3 aliphatic rings. The average molecular weight is 499 g/mol. The van der Waals surface area contributed by atoms with Gasteiger partial charge in [-0.1, -0.05) is 0 Å². The van der Waals surface area contributed by atoms with E-state index in [-0.39, 0.29) is 37.2 Å². The minimum Gasteiger partial charge on any atom is -0.493 e. The number of nitrogens with zero attached hydrogens (tertiary/aromatic N) is 1. The van der Waals surface area contributed by atoms with Crippen molar-refractivity contribution in [3.8, 4) is 28.4 Å². The number of pyridine rings is 1. The second kappa shape index (κ2) is 9.59. The summed E-state index contributed by atoms with van der Waals surface area (Å²) in [5.41, 5.74) is 10.5. The number of ether oxygens (including phenoxy) is 3. The summed E-state index contributed by atoms with van der Waals surface area (Å²) >= 11 is 0. The van der Waals surface area contributed by atoms with E-state index >= 15 is 0 Å². The molecule has 2 fully saturated rings. The highest BCUT2D eigenvalue weighted by Crippen LogP contribution is 2.49. The lowest BCUT2D eigenvalue weighted by atomic mass is 9.91. The molecule has 3 aromatic rings. The molecule has 35 heavy (non-hydrogen) atoms. The minimum absolute atomic E-state index is 0. The molecule has 0 saturated heterocycles. The van der Waals surface area contributed by atoms with Gasteiger partial charge in [0, 0.05) is 29.5 Å². The van der Waals surface area contributed by atoms with Crippen molar-refractivity contribution in [1.82, 2.24) is 15.3 Å². The second-order valence-electron chi connectivity index (χ2n) is 9.72. The third kappa shape index (κ3) is 4.52. The number of fused-ring (bicyclic) bond motifs is 2. The molecule has 0 atom stereocenters. The van der Waals surface area contributed by atoms with Crippen molar-refractivity contribution in [3.05, 3.63) is 35.7 Å². The van der Waals surface area contributed by atoms with Gasteiger partial charge in [0.25, 0.3) is 5.91 Å². The Labute approximate surface area is 210 Å². The van der Waals surface area contributed by atoms with Gasteiger partial charge in [0.15, 0.2) is 11.5 Å².